The van der Waals surface area contributed by atoms with Crippen LogP contribution >= 0.6 is 0 Å². The second-order valence-corrected chi connectivity index (χ2v) is 7.32. The lowest BCUT2D eigenvalue weighted by atomic mass is 9.75. The van der Waals surface area contributed by atoms with Crippen LogP contribution in [-0.4, -0.2) is 30.3 Å². The van der Waals surface area contributed by atoms with Crippen molar-refractivity contribution in [3.8, 4) is 0 Å². The van der Waals surface area contributed by atoms with Gasteiger partial charge in [-0.1, -0.05) is 40.0 Å². The number of nitrogens with zero attached hydrogens (tertiary/aromatic N) is 1. The van der Waals surface area contributed by atoms with E-state index in [1.54, 1.807) is 0 Å². The van der Waals surface area contributed by atoms with E-state index in [0.29, 0.717) is 5.78 Å². The molecule has 1 aliphatic carbocycles. The van der Waals surface area contributed by atoms with Crippen LogP contribution in [0.5, 0.6) is 0 Å². The maximum Gasteiger partial charge on any atom is 0.139 e. The molecular weight excluding hydrogens is 222 g/mol. The zero-order chi connectivity index (χ0) is 13.2. The zero-order valence-electron chi connectivity index (χ0n) is 12.4. The molecule has 1 saturated carbocycles. The number of hydrogen-bond donors (Lipinski definition) is 0. The third-order valence-corrected chi connectivity index (χ3v) is 4.87. The largest absolute Gasteiger partial charge is 0.303 e. The standard InChI is InChI=1S/C16H29NO/c1-16(2,3)15(18)9-11-17-10-8-13-6-4-5-7-14(13)12-17/h13-14H,4-12H2,1-3H3. The van der Waals surface area contributed by atoms with Gasteiger partial charge in [0, 0.05) is 24.9 Å². The van der Waals surface area contributed by atoms with Crippen LogP contribution in [0.1, 0.15) is 59.3 Å². The molecule has 0 spiro atoms. The highest BCUT2D eigenvalue weighted by molar-refractivity contribution is 5.83. The summed E-state index contributed by atoms with van der Waals surface area (Å²) < 4.78 is 0. The lowest BCUT2D eigenvalue weighted by Crippen LogP contribution is -2.42. The Morgan fingerprint density at radius 2 is 1.78 bits per heavy atom. The Morgan fingerprint density at radius 1 is 1.11 bits per heavy atom. The molecule has 2 fully saturated rings. The summed E-state index contributed by atoms with van der Waals surface area (Å²) in [5.74, 6) is 2.33. The average molecular weight is 251 g/mol. The molecule has 104 valence electrons. The summed E-state index contributed by atoms with van der Waals surface area (Å²) in [5.41, 5.74) is -0.164. The van der Waals surface area contributed by atoms with Crippen LogP contribution in [0, 0.1) is 17.3 Å². The highest BCUT2D eigenvalue weighted by atomic mass is 16.1. The zero-order valence-corrected chi connectivity index (χ0v) is 12.4. The molecule has 1 saturated heterocycles. The van der Waals surface area contributed by atoms with Gasteiger partial charge in [-0.05, 0) is 31.2 Å². The Hall–Kier alpha value is -0.370. The first-order valence-electron chi connectivity index (χ1n) is 7.72. The van der Waals surface area contributed by atoms with E-state index in [1.165, 1.54) is 45.2 Å². The van der Waals surface area contributed by atoms with E-state index < -0.39 is 0 Å². The fraction of sp³-hybridized carbons (Fsp3) is 0.938. The van der Waals surface area contributed by atoms with Gasteiger partial charge in [0.05, 0.1) is 0 Å². The Morgan fingerprint density at radius 3 is 2.44 bits per heavy atom. The van der Waals surface area contributed by atoms with Crippen LogP contribution in [-0.2, 0) is 4.79 Å². The van der Waals surface area contributed by atoms with Gasteiger partial charge in [-0.3, -0.25) is 4.79 Å². The second-order valence-electron chi connectivity index (χ2n) is 7.32. The number of fused-ring (bicyclic) bond motifs is 1. The van der Waals surface area contributed by atoms with Crippen molar-refractivity contribution in [3.63, 3.8) is 0 Å². The molecular formula is C16H29NO. The first kappa shape index (κ1) is 14.0. The summed E-state index contributed by atoms with van der Waals surface area (Å²) in [4.78, 5) is 14.5. The van der Waals surface area contributed by atoms with Crippen molar-refractivity contribution in [3.05, 3.63) is 0 Å². The van der Waals surface area contributed by atoms with E-state index in [4.69, 9.17) is 0 Å². The summed E-state index contributed by atoms with van der Waals surface area (Å²) in [6, 6.07) is 0. The third kappa shape index (κ3) is 3.57. The number of carbonyl (C=O) groups is 1. The number of piperidine rings is 1. The molecule has 2 rings (SSSR count). The van der Waals surface area contributed by atoms with Crippen LogP contribution in [0.4, 0.5) is 0 Å². The average Bonchev–Trinajstić information content (AvgIpc) is 2.34. The molecule has 2 atom stereocenters. The number of carbonyl (C=O) groups excluding carboxylic acids is 1. The van der Waals surface area contributed by atoms with Gasteiger partial charge >= 0.3 is 0 Å². The maximum atomic E-state index is 12.0. The minimum absolute atomic E-state index is 0.164. The topological polar surface area (TPSA) is 20.3 Å². The van der Waals surface area contributed by atoms with E-state index >= 15 is 0 Å². The summed E-state index contributed by atoms with van der Waals surface area (Å²) in [6.45, 7) is 9.55. The van der Waals surface area contributed by atoms with Crippen molar-refractivity contribution in [2.24, 2.45) is 17.3 Å². The molecule has 2 heteroatoms. The fourth-order valence-electron chi connectivity index (χ4n) is 3.51. The molecule has 0 N–H and O–H groups in total. The molecule has 1 heterocycles. The molecule has 0 amide bonds. The van der Waals surface area contributed by atoms with Crippen molar-refractivity contribution in [2.75, 3.05) is 19.6 Å². The molecule has 2 aliphatic rings. The quantitative estimate of drug-likeness (QED) is 0.765. The monoisotopic (exact) mass is 251 g/mol. The van der Waals surface area contributed by atoms with Gasteiger partial charge in [0.15, 0.2) is 0 Å². The van der Waals surface area contributed by atoms with E-state index in [0.717, 1.165) is 24.8 Å². The van der Waals surface area contributed by atoms with E-state index in [2.05, 4.69) is 4.90 Å². The van der Waals surface area contributed by atoms with Gasteiger partial charge in [-0.25, -0.2) is 0 Å². The minimum Gasteiger partial charge on any atom is -0.303 e. The number of Topliss-reactive ketones (excluding diaryl/α,β-unsaturated/α-hetero) is 1. The first-order valence-corrected chi connectivity index (χ1v) is 7.72. The molecule has 0 radical (unpaired) electrons. The predicted octanol–water partition coefficient (Wildman–Crippen LogP) is 3.50. The van der Waals surface area contributed by atoms with Gasteiger partial charge in [0.1, 0.15) is 5.78 Å². The molecule has 0 bridgehead atoms. The minimum atomic E-state index is -0.164. The molecule has 0 aromatic carbocycles. The Labute approximate surface area is 112 Å². The summed E-state index contributed by atoms with van der Waals surface area (Å²) in [7, 11) is 0. The molecule has 0 aromatic rings. The summed E-state index contributed by atoms with van der Waals surface area (Å²) >= 11 is 0. The first-order chi connectivity index (χ1) is 8.47. The van der Waals surface area contributed by atoms with Crippen molar-refractivity contribution in [1.29, 1.82) is 0 Å². The molecule has 0 aromatic heterocycles. The molecule has 2 unspecified atom stereocenters. The SMILES string of the molecule is CC(C)(C)C(=O)CCN1CCC2CCCCC2C1. The van der Waals surface area contributed by atoms with Gasteiger partial charge in [0.2, 0.25) is 0 Å². The second kappa shape index (κ2) is 5.73. The molecule has 1 aliphatic heterocycles. The number of likely N-dealkylation sites (tertiary alicyclic amines) is 1. The van der Waals surface area contributed by atoms with Crippen LogP contribution in [0.15, 0.2) is 0 Å². The van der Waals surface area contributed by atoms with Crippen molar-refractivity contribution in [2.45, 2.75) is 59.3 Å². The number of hydrogen-bond acceptors (Lipinski definition) is 2. The maximum absolute atomic E-state index is 12.0. The molecule has 2 nitrogen and oxygen atoms in total. The van der Waals surface area contributed by atoms with Gasteiger partial charge in [-0.15, -0.1) is 0 Å². The van der Waals surface area contributed by atoms with Crippen LogP contribution < -0.4 is 0 Å². The van der Waals surface area contributed by atoms with Crippen LogP contribution in [0.3, 0.4) is 0 Å². The van der Waals surface area contributed by atoms with Crippen LogP contribution in [0.25, 0.3) is 0 Å². The number of rotatable bonds is 3. The summed E-state index contributed by atoms with van der Waals surface area (Å²) in [5, 5.41) is 0. The molecule has 18 heavy (non-hydrogen) atoms. The van der Waals surface area contributed by atoms with Crippen molar-refractivity contribution >= 4 is 5.78 Å². The van der Waals surface area contributed by atoms with Gasteiger partial charge in [-0.2, -0.15) is 0 Å². The predicted molar refractivity (Wildman–Crippen MR) is 75.6 cm³/mol. The van der Waals surface area contributed by atoms with E-state index in [9.17, 15) is 4.79 Å². The van der Waals surface area contributed by atoms with Crippen molar-refractivity contribution < 1.29 is 4.79 Å². The summed E-state index contributed by atoms with van der Waals surface area (Å²) in [6.07, 6.45) is 7.86. The Balaban J connectivity index is 1.76. The lowest BCUT2D eigenvalue weighted by Gasteiger charge is -2.41. The lowest BCUT2D eigenvalue weighted by molar-refractivity contribution is -0.126. The highest BCUT2D eigenvalue weighted by Gasteiger charge is 2.31. The fourth-order valence-corrected chi connectivity index (χ4v) is 3.51. The van der Waals surface area contributed by atoms with Gasteiger partial charge in [0.25, 0.3) is 0 Å². The van der Waals surface area contributed by atoms with E-state index in [-0.39, 0.29) is 5.41 Å². The highest BCUT2D eigenvalue weighted by Crippen LogP contribution is 2.36. The van der Waals surface area contributed by atoms with Crippen molar-refractivity contribution in [1.82, 2.24) is 4.90 Å². The van der Waals surface area contributed by atoms with E-state index in [1.807, 2.05) is 20.8 Å². The Kier molecular flexibility index (Phi) is 4.47. The van der Waals surface area contributed by atoms with Crippen LogP contribution in [0.2, 0.25) is 0 Å². The normalized spacial score (nSPS) is 29.9. The smallest absolute Gasteiger partial charge is 0.139 e. The Bertz CT molecular complexity index is 292. The van der Waals surface area contributed by atoms with Gasteiger partial charge < -0.3 is 4.90 Å². The number of ketones is 1. The third-order valence-electron chi connectivity index (χ3n) is 4.87.